The van der Waals surface area contributed by atoms with Crippen LogP contribution < -0.4 is 0 Å². The summed E-state index contributed by atoms with van der Waals surface area (Å²) in [5.74, 6) is 0.719. The molecule has 2 aliphatic heterocycles. The number of likely N-dealkylation sites (tertiary alicyclic amines) is 1. The van der Waals surface area contributed by atoms with Crippen molar-refractivity contribution in [2.75, 3.05) is 26.2 Å². The number of likely N-dealkylation sites (N-methyl/N-ethyl adjacent to an activating group) is 1. The zero-order chi connectivity index (χ0) is 16.2. The lowest BCUT2D eigenvalue weighted by Crippen LogP contribution is -2.54. The van der Waals surface area contributed by atoms with Crippen LogP contribution in [-0.4, -0.2) is 54.1 Å². The van der Waals surface area contributed by atoms with E-state index in [0.717, 1.165) is 45.6 Å². The molecular weight excluding hydrogens is 288 g/mol. The zero-order valence-corrected chi connectivity index (χ0v) is 14.3. The van der Waals surface area contributed by atoms with E-state index in [0.29, 0.717) is 5.92 Å². The van der Waals surface area contributed by atoms with Gasteiger partial charge in [0.05, 0.1) is 6.10 Å². The summed E-state index contributed by atoms with van der Waals surface area (Å²) in [5, 5.41) is 0. The summed E-state index contributed by atoms with van der Waals surface area (Å²) in [6, 6.07) is 10.7. The van der Waals surface area contributed by atoms with Crippen molar-refractivity contribution < 1.29 is 9.53 Å². The molecule has 0 bridgehead atoms. The summed E-state index contributed by atoms with van der Waals surface area (Å²) in [4.78, 5) is 16.5. The van der Waals surface area contributed by atoms with Crippen molar-refractivity contribution in [2.45, 2.75) is 45.4 Å². The van der Waals surface area contributed by atoms with Gasteiger partial charge in [-0.1, -0.05) is 30.3 Å². The predicted octanol–water partition coefficient (Wildman–Crippen LogP) is 2.53. The molecule has 3 rings (SSSR count). The van der Waals surface area contributed by atoms with Gasteiger partial charge >= 0.3 is 0 Å². The molecule has 0 spiro atoms. The molecule has 1 amide bonds. The van der Waals surface area contributed by atoms with Crippen molar-refractivity contribution in [3.63, 3.8) is 0 Å². The van der Waals surface area contributed by atoms with Crippen LogP contribution >= 0.6 is 0 Å². The molecular formula is C19H28N2O2. The molecule has 0 N–H and O–H groups in total. The normalized spacial score (nSPS) is 27.4. The summed E-state index contributed by atoms with van der Waals surface area (Å²) in [6.45, 7) is 8.77. The molecule has 0 aromatic heterocycles. The number of carbonyl (C=O) groups excluding carboxylic acids is 1. The minimum atomic E-state index is -0.281. The summed E-state index contributed by atoms with van der Waals surface area (Å²) in [6.07, 6.45) is 2.25. The van der Waals surface area contributed by atoms with Crippen molar-refractivity contribution >= 4 is 5.91 Å². The molecule has 2 heterocycles. The fraction of sp³-hybridized carbons (Fsp3) is 0.632. The van der Waals surface area contributed by atoms with E-state index in [9.17, 15) is 4.79 Å². The highest BCUT2D eigenvalue weighted by Crippen LogP contribution is 2.27. The van der Waals surface area contributed by atoms with Crippen LogP contribution in [0.15, 0.2) is 30.3 Å². The van der Waals surface area contributed by atoms with Gasteiger partial charge in [0.15, 0.2) is 0 Å². The van der Waals surface area contributed by atoms with Crippen LogP contribution in [0.4, 0.5) is 0 Å². The Morgan fingerprint density at radius 2 is 1.87 bits per heavy atom. The molecule has 4 nitrogen and oxygen atoms in total. The molecule has 23 heavy (non-hydrogen) atoms. The molecule has 0 saturated carbocycles. The van der Waals surface area contributed by atoms with E-state index in [4.69, 9.17) is 4.74 Å². The van der Waals surface area contributed by atoms with Crippen molar-refractivity contribution in [3.05, 3.63) is 35.9 Å². The maximum absolute atomic E-state index is 12.0. The summed E-state index contributed by atoms with van der Waals surface area (Å²) < 4.78 is 6.01. The molecule has 4 heteroatoms. The van der Waals surface area contributed by atoms with Gasteiger partial charge in [0.25, 0.3) is 5.91 Å². The van der Waals surface area contributed by atoms with Crippen LogP contribution in [0.25, 0.3) is 0 Å². The van der Waals surface area contributed by atoms with Crippen LogP contribution in [-0.2, 0) is 16.1 Å². The number of amides is 1. The van der Waals surface area contributed by atoms with Gasteiger partial charge in [-0.2, -0.15) is 0 Å². The van der Waals surface area contributed by atoms with Crippen LogP contribution in [0.2, 0.25) is 0 Å². The Hall–Kier alpha value is -1.39. The first kappa shape index (κ1) is 16.5. The van der Waals surface area contributed by atoms with Gasteiger partial charge < -0.3 is 9.64 Å². The van der Waals surface area contributed by atoms with Gasteiger partial charge in [-0.15, -0.1) is 0 Å². The summed E-state index contributed by atoms with van der Waals surface area (Å²) in [5.41, 5.74) is 1.39. The third-order valence-corrected chi connectivity index (χ3v) is 5.23. The van der Waals surface area contributed by atoms with Crippen molar-refractivity contribution in [2.24, 2.45) is 5.92 Å². The second-order valence-corrected chi connectivity index (χ2v) is 6.79. The monoisotopic (exact) mass is 316 g/mol. The van der Waals surface area contributed by atoms with Gasteiger partial charge in [0.1, 0.15) is 6.10 Å². The Morgan fingerprint density at radius 3 is 2.52 bits per heavy atom. The highest BCUT2D eigenvalue weighted by atomic mass is 16.5. The highest BCUT2D eigenvalue weighted by molar-refractivity contribution is 5.81. The minimum absolute atomic E-state index is 0.144. The number of rotatable bonds is 4. The van der Waals surface area contributed by atoms with E-state index >= 15 is 0 Å². The van der Waals surface area contributed by atoms with Crippen LogP contribution in [0.3, 0.4) is 0 Å². The molecule has 2 atom stereocenters. The second kappa shape index (κ2) is 7.45. The zero-order valence-electron chi connectivity index (χ0n) is 14.3. The van der Waals surface area contributed by atoms with E-state index in [1.165, 1.54) is 5.56 Å². The van der Waals surface area contributed by atoms with Gasteiger partial charge in [0, 0.05) is 19.6 Å². The molecule has 0 radical (unpaired) electrons. The predicted molar refractivity (Wildman–Crippen MR) is 91.0 cm³/mol. The van der Waals surface area contributed by atoms with Gasteiger partial charge in [0.2, 0.25) is 0 Å². The molecule has 2 aliphatic rings. The molecule has 0 unspecified atom stereocenters. The lowest BCUT2D eigenvalue weighted by molar-refractivity contribution is -0.166. The number of carbonyl (C=O) groups is 1. The average Bonchev–Trinajstić information content (AvgIpc) is 2.59. The average molecular weight is 316 g/mol. The standard InChI is InChI=1S/C19H28N2O2/c1-3-21-14-18(23-15(2)19(21)22)17-9-11-20(12-10-17)13-16-7-5-4-6-8-16/h4-8,15,17-18H,3,9-14H2,1-2H3/t15-,18+/m0/s1. The lowest BCUT2D eigenvalue weighted by Gasteiger charge is -2.42. The van der Waals surface area contributed by atoms with Gasteiger partial charge in [-0.05, 0) is 51.3 Å². The third kappa shape index (κ3) is 3.93. The molecule has 1 aromatic rings. The minimum Gasteiger partial charge on any atom is -0.363 e. The number of morpholine rings is 1. The Morgan fingerprint density at radius 1 is 1.17 bits per heavy atom. The molecule has 0 aliphatic carbocycles. The summed E-state index contributed by atoms with van der Waals surface area (Å²) in [7, 11) is 0. The quantitative estimate of drug-likeness (QED) is 0.856. The van der Waals surface area contributed by atoms with Crippen LogP contribution in [0.5, 0.6) is 0 Å². The van der Waals surface area contributed by atoms with Gasteiger partial charge in [-0.25, -0.2) is 0 Å². The third-order valence-electron chi connectivity index (χ3n) is 5.23. The number of ether oxygens (including phenoxy) is 1. The number of hydrogen-bond acceptors (Lipinski definition) is 3. The van der Waals surface area contributed by atoms with Crippen LogP contribution in [0.1, 0.15) is 32.3 Å². The first-order valence-corrected chi connectivity index (χ1v) is 8.88. The van der Waals surface area contributed by atoms with Gasteiger partial charge in [-0.3, -0.25) is 9.69 Å². The van der Waals surface area contributed by atoms with Crippen molar-refractivity contribution in [1.29, 1.82) is 0 Å². The maximum Gasteiger partial charge on any atom is 0.251 e. The lowest BCUT2D eigenvalue weighted by atomic mass is 9.89. The number of benzene rings is 1. The molecule has 1 aromatic carbocycles. The summed E-state index contributed by atoms with van der Waals surface area (Å²) >= 11 is 0. The first-order valence-electron chi connectivity index (χ1n) is 8.88. The first-order chi connectivity index (χ1) is 11.2. The molecule has 126 valence electrons. The number of nitrogens with zero attached hydrogens (tertiary/aromatic N) is 2. The molecule has 2 fully saturated rings. The van der Waals surface area contributed by atoms with Crippen molar-refractivity contribution in [1.82, 2.24) is 9.80 Å². The maximum atomic E-state index is 12.0. The fourth-order valence-corrected chi connectivity index (χ4v) is 3.80. The Bertz CT molecular complexity index is 511. The Kier molecular flexibility index (Phi) is 5.34. The van der Waals surface area contributed by atoms with Crippen LogP contribution in [0, 0.1) is 5.92 Å². The van der Waals surface area contributed by atoms with E-state index in [2.05, 4.69) is 42.2 Å². The Balaban J connectivity index is 1.51. The van der Waals surface area contributed by atoms with E-state index in [1.807, 2.05) is 11.8 Å². The van der Waals surface area contributed by atoms with E-state index < -0.39 is 0 Å². The second-order valence-electron chi connectivity index (χ2n) is 6.79. The van der Waals surface area contributed by atoms with Crippen molar-refractivity contribution in [3.8, 4) is 0 Å². The largest absolute Gasteiger partial charge is 0.363 e. The number of hydrogen-bond donors (Lipinski definition) is 0. The topological polar surface area (TPSA) is 32.8 Å². The fourth-order valence-electron chi connectivity index (χ4n) is 3.80. The molecule has 2 saturated heterocycles. The van der Waals surface area contributed by atoms with E-state index in [-0.39, 0.29) is 18.1 Å². The SMILES string of the molecule is CCN1C[C@H](C2CCN(Cc3ccccc3)CC2)O[C@@H](C)C1=O. The number of piperidine rings is 1. The van der Waals surface area contributed by atoms with E-state index in [1.54, 1.807) is 0 Å². The highest BCUT2D eigenvalue weighted by Gasteiger charge is 2.36. The Labute approximate surface area is 139 Å². The smallest absolute Gasteiger partial charge is 0.251 e.